The molecule has 2 aromatic rings. The first-order valence-electron chi connectivity index (χ1n) is 5.08. The number of thioether (sulfide) groups is 1. The molecule has 3 heterocycles. The third-order valence-corrected chi connectivity index (χ3v) is 5.26. The van der Waals surface area contributed by atoms with Crippen LogP contribution in [-0.2, 0) is 11.5 Å². The van der Waals surface area contributed by atoms with Crippen LogP contribution < -0.4 is 11.3 Å². The lowest BCUT2D eigenvalue weighted by Gasteiger charge is -2.07. The molecule has 0 unspecified atom stereocenters. The third kappa shape index (κ3) is 2.07. The maximum absolute atomic E-state index is 5.53. The molecule has 3 rings (SSSR count). The molecule has 94 valence electrons. The maximum atomic E-state index is 5.53. The zero-order chi connectivity index (χ0) is 12.7. The molecule has 0 amide bonds. The number of nitrogen functional groups attached to an aromatic ring is 1. The summed E-state index contributed by atoms with van der Waals surface area (Å²) in [4.78, 5) is 8.92. The fraction of sp³-hybridized carbons (Fsp3) is 0.200. The molecule has 2 aromatic heterocycles. The van der Waals surface area contributed by atoms with Gasteiger partial charge in [0.1, 0.15) is 5.82 Å². The summed E-state index contributed by atoms with van der Waals surface area (Å²) >= 11 is 8.47. The first-order valence-corrected chi connectivity index (χ1v) is 7.82. The molecule has 0 spiro atoms. The van der Waals surface area contributed by atoms with Crippen LogP contribution >= 0.6 is 43.6 Å². The molecule has 0 bridgehead atoms. The molecule has 5 nitrogen and oxygen atoms in total. The Morgan fingerprint density at radius 2 is 2.17 bits per heavy atom. The molecule has 0 saturated carbocycles. The molecule has 8 heteroatoms. The lowest BCUT2D eigenvalue weighted by atomic mass is 10.2. The van der Waals surface area contributed by atoms with Crippen LogP contribution in [0.5, 0.6) is 0 Å². The van der Waals surface area contributed by atoms with E-state index >= 15 is 0 Å². The number of hydrogen-bond acceptors (Lipinski definition) is 6. The number of hydrogen-bond donors (Lipinski definition) is 2. The van der Waals surface area contributed by atoms with Gasteiger partial charge in [0.2, 0.25) is 0 Å². The Morgan fingerprint density at radius 3 is 2.83 bits per heavy atom. The van der Waals surface area contributed by atoms with Gasteiger partial charge in [-0.15, -0.1) is 0 Å². The molecule has 1 aliphatic rings. The van der Waals surface area contributed by atoms with E-state index in [1.54, 1.807) is 11.8 Å². The number of halogens is 2. The molecule has 0 radical (unpaired) electrons. The predicted molar refractivity (Wildman–Crippen MR) is 77.9 cm³/mol. The largest absolute Gasteiger partial charge is 0.445 e. The molecule has 0 atom stereocenters. The second kappa shape index (κ2) is 4.84. The van der Waals surface area contributed by atoms with Crippen LogP contribution in [0.1, 0.15) is 11.3 Å². The Labute approximate surface area is 124 Å². The summed E-state index contributed by atoms with van der Waals surface area (Å²) in [6.45, 7) is 0. The lowest BCUT2D eigenvalue weighted by molar-refractivity contribution is 0.549. The highest BCUT2D eigenvalue weighted by atomic mass is 79.9. The minimum Gasteiger partial charge on any atom is -0.445 e. The van der Waals surface area contributed by atoms with Crippen LogP contribution in [-0.4, -0.2) is 9.97 Å². The molecule has 18 heavy (non-hydrogen) atoms. The summed E-state index contributed by atoms with van der Waals surface area (Å²) in [5, 5.41) is 0. The van der Waals surface area contributed by atoms with Gasteiger partial charge < -0.3 is 9.84 Å². The van der Waals surface area contributed by atoms with Gasteiger partial charge in [0.25, 0.3) is 0 Å². The topological polar surface area (TPSA) is 77.0 Å². The Morgan fingerprint density at radius 1 is 1.33 bits per heavy atom. The number of furan rings is 1. The summed E-state index contributed by atoms with van der Waals surface area (Å²) in [6, 6.07) is 1.83. The maximum Gasteiger partial charge on any atom is 0.198 e. The number of nitrogens with one attached hydrogen (secondary N) is 1. The van der Waals surface area contributed by atoms with E-state index in [1.807, 2.05) is 6.07 Å². The first kappa shape index (κ1) is 12.5. The number of hydrazine groups is 1. The van der Waals surface area contributed by atoms with E-state index in [4.69, 9.17) is 10.3 Å². The monoisotopic (exact) mass is 390 g/mol. The van der Waals surface area contributed by atoms with E-state index in [0.717, 1.165) is 27.2 Å². The SMILES string of the molecule is NNc1nc(-c2cc(Br)c(Br)o2)nc2c1CSC2. The highest BCUT2D eigenvalue weighted by Crippen LogP contribution is 2.36. The van der Waals surface area contributed by atoms with Crippen molar-refractivity contribution in [1.29, 1.82) is 0 Å². The first-order chi connectivity index (χ1) is 8.69. The van der Waals surface area contributed by atoms with Gasteiger partial charge in [0.15, 0.2) is 16.3 Å². The zero-order valence-electron chi connectivity index (χ0n) is 9.04. The van der Waals surface area contributed by atoms with E-state index in [-0.39, 0.29) is 0 Å². The molecule has 0 fully saturated rings. The third-order valence-electron chi connectivity index (χ3n) is 2.58. The smallest absolute Gasteiger partial charge is 0.198 e. The fourth-order valence-corrected chi connectivity index (χ4v) is 3.36. The van der Waals surface area contributed by atoms with Crippen molar-refractivity contribution < 1.29 is 4.42 Å². The molecule has 0 aliphatic carbocycles. The van der Waals surface area contributed by atoms with E-state index in [2.05, 4.69) is 47.3 Å². The molecule has 0 aromatic carbocycles. The Bertz CT molecular complexity index is 597. The minimum atomic E-state index is 0.538. The number of anilines is 1. The van der Waals surface area contributed by atoms with Crippen molar-refractivity contribution in [3.05, 3.63) is 26.5 Å². The van der Waals surface area contributed by atoms with Gasteiger partial charge >= 0.3 is 0 Å². The van der Waals surface area contributed by atoms with Crippen LogP contribution in [0.3, 0.4) is 0 Å². The number of nitrogens with two attached hydrogens (primary N) is 1. The summed E-state index contributed by atoms with van der Waals surface area (Å²) in [7, 11) is 0. The summed E-state index contributed by atoms with van der Waals surface area (Å²) in [6.07, 6.45) is 0. The van der Waals surface area contributed by atoms with Gasteiger partial charge in [-0.1, -0.05) is 0 Å². The lowest BCUT2D eigenvalue weighted by Crippen LogP contribution is -2.12. The average Bonchev–Trinajstić information content (AvgIpc) is 2.95. The normalized spacial score (nSPS) is 13.7. The highest BCUT2D eigenvalue weighted by molar-refractivity contribution is 9.13. The number of aromatic nitrogens is 2. The van der Waals surface area contributed by atoms with Crippen LogP contribution in [0.15, 0.2) is 19.6 Å². The van der Waals surface area contributed by atoms with Crippen molar-refractivity contribution in [2.24, 2.45) is 5.84 Å². The summed E-state index contributed by atoms with van der Waals surface area (Å²) in [5.41, 5.74) is 4.72. The Hall–Kier alpha value is -0.570. The van der Waals surface area contributed by atoms with Gasteiger partial charge in [-0.3, -0.25) is 0 Å². The Balaban J connectivity index is 2.13. The van der Waals surface area contributed by atoms with Gasteiger partial charge in [-0.25, -0.2) is 15.8 Å². The van der Waals surface area contributed by atoms with Crippen LogP contribution in [0.4, 0.5) is 5.82 Å². The van der Waals surface area contributed by atoms with Gasteiger partial charge in [0.05, 0.1) is 10.2 Å². The van der Waals surface area contributed by atoms with Crippen LogP contribution in [0.25, 0.3) is 11.6 Å². The van der Waals surface area contributed by atoms with Gasteiger partial charge in [-0.2, -0.15) is 11.8 Å². The highest BCUT2D eigenvalue weighted by Gasteiger charge is 2.21. The summed E-state index contributed by atoms with van der Waals surface area (Å²) < 4.78 is 6.98. The van der Waals surface area contributed by atoms with Crippen molar-refractivity contribution in [2.75, 3.05) is 5.43 Å². The number of nitrogens with zero attached hydrogens (tertiary/aromatic N) is 2. The van der Waals surface area contributed by atoms with Crippen LogP contribution in [0.2, 0.25) is 0 Å². The average molecular weight is 392 g/mol. The Kier molecular flexibility index (Phi) is 3.35. The number of fused-ring (bicyclic) bond motifs is 1. The van der Waals surface area contributed by atoms with E-state index in [9.17, 15) is 0 Å². The predicted octanol–water partition coefficient (Wildman–Crippen LogP) is 3.29. The molecular weight excluding hydrogens is 384 g/mol. The van der Waals surface area contributed by atoms with Crippen molar-refractivity contribution in [3.63, 3.8) is 0 Å². The molecule has 0 saturated heterocycles. The van der Waals surface area contributed by atoms with Crippen molar-refractivity contribution in [1.82, 2.24) is 9.97 Å². The minimum absolute atomic E-state index is 0.538. The van der Waals surface area contributed by atoms with Crippen LogP contribution in [0, 0.1) is 0 Å². The standard InChI is InChI=1S/C10H8Br2N4OS/c11-5-1-7(17-8(5)12)10-14-6-3-18-2-4(6)9(15-10)16-13/h1H,2-3,13H2,(H,14,15,16). The second-order valence-electron chi connectivity index (χ2n) is 3.69. The second-order valence-corrected chi connectivity index (χ2v) is 6.25. The van der Waals surface area contributed by atoms with E-state index in [0.29, 0.717) is 22.1 Å². The fourth-order valence-electron chi connectivity index (χ4n) is 1.74. The van der Waals surface area contributed by atoms with E-state index in [1.165, 1.54) is 0 Å². The summed E-state index contributed by atoms with van der Waals surface area (Å²) in [5.74, 6) is 9.08. The van der Waals surface area contributed by atoms with Crippen molar-refractivity contribution >= 4 is 49.4 Å². The van der Waals surface area contributed by atoms with Gasteiger partial charge in [0, 0.05) is 23.1 Å². The van der Waals surface area contributed by atoms with E-state index < -0.39 is 0 Å². The zero-order valence-corrected chi connectivity index (χ0v) is 13.0. The molecule has 3 N–H and O–H groups in total. The van der Waals surface area contributed by atoms with Crippen molar-refractivity contribution in [3.8, 4) is 11.6 Å². The van der Waals surface area contributed by atoms with Crippen molar-refractivity contribution in [2.45, 2.75) is 11.5 Å². The van der Waals surface area contributed by atoms with Gasteiger partial charge in [-0.05, 0) is 31.9 Å². The molecule has 1 aliphatic heterocycles. The number of rotatable bonds is 2. The quantitative estimate of drug-likeness (QED) is 0.604. The molecular formula is C10H8Br2N4OS.